The SMILES string of the molecule is CCCc1cc(C(=O)OCC(=O)c2ccc(NC(=O)C(C)(C)C)cc2)sc1C. The number of anilines is 1. The first-order valence-electron chi connectivity index (χ1n) is 9.33. The third kappa shape index (κ3) is 5.76. The number of esters is 1. The van der Waals surface area contributed by atoms with E-state index in [2.05, 4.69) is 12.2 Å². The molecule has 0 fully saturated rings. The minimum absolute atomic E-state index is 0.103. The topological polar surface area (TPSA) is 72.5 Å². The highest BCUT2D eigenvalue weighted by molar-refractivity contribution is 7.14. The van der Waals surface area contributed by atoms with Gasteiger partial charge >= 0.3 is 5.97 Å². The van der Waals surface area contributed by atoms with E-state index in [1.807, 2.05) is 33.8 Å². The number of carbonyl (C=O) groups excluding carboxylic acids is 3. The Labute approximate surface area is 170 Å². The molecule has 1 N–H and O–H groups in total. The van der Waals surface area contributed by atoms with Crippen molar-refractivity contribution in [1.82, 2.24) is 0 Å². The number of ether oxygens (including phenoxy) is 1. The molecule has 5 nitrogen and oxygen atoms in total. The van der Waals surface area contributed by atoms with Crippen LogP contribution in [0.2, 0.25) is 0 Å². The fourth-order valence-electron chi connectivity index (χ4n) is 2.48. The molecule has 0 aliphatic heterocycles. The zero-order valence-corrected chi connectivity index (χ0v) is 17.9. The molecule has 0 bridgehead atoms. The summed E-state index contributed by atoms with van der Waals surface area (Å²) in [5.74, 6) is -0.865. The van der Waals surface area contributed by atoms with E-state index >= 15 is 0 Å². The summed E-state index contributed by atoms with van der Waals surface area (Å²) in [6.07, 6.45) is 1.93. The Kier molecular flexibility index (Phi) is 7.13. The van der Waals surface area contributed by atoms with Crippen molar-refractivity contribution in [2.75, 3.05) is 11.9 Å². The molecule has 0 saturated carbocycles. The summed E-state index contributed by atoms with van der Waals surface area (Å²) < 4.78 is 5.18. The summed E-state index contributed by atoms with van der Waals surface area (Å²) in [5, 5.41) is 2.80. The van der Waals surface area contributed by atoms with Crippen molar-refractivity contribution in [3.8, 4) is 0 Å². The molecule has 0 atom stereocenters. The number of ketones is 1. The molecule has 150 valence electrons. The van der Waals surface area contributed by atoms with Gasteiger partial charge in [-0.1, -0.05) is 34.1 Å². The van der Waals surface area contributed by atoms with E-state index in [4.69, 9.17) is 4.74 Å². The van der Waals surface area contributed by atoms with Gasteiger partial charge in [-0.3, -0.25) is 9.59 Å². The Morgan fingerprint density at radius 2 is 1.75 bits per heavy atom. The van der Waals surface area contributed by atoms with E-state index in [9.17, 15) is 14.4 Å². The maximum atomic E-state index is 12.3. The molecule has 1 aromatic heterocycles. The zero-order chi connectivity index (χ0) is 20.9. The third-order valence-electron chi connectivity index (χ3n) is 4.22. The lowest BCUT2D eigenvalue weighted by Gasteiger charge is -2.17. The molecule has 0 spiro atoms. The minimum atomic E-state index is -0.500. The van der Waals surface area contributed by atoms with Crippen LogP contribution in [0.5, 0.6) is 0 Å². The summed E-state index contributed by atoms with van der Waals surface area (Å²) in [6.45, 7) is 9.25. The first kappa shape index (κ1) is 21.8. The van der Waals surface area contributed by atoms with Crippen LogP contribution in [-0.4, -0.2) is 24.3 Å². The van der Waals surface area contributed by atoms with Crippen molar-refractivity contribution < 1.29 is 19.1 Å². The van der Waals surface area contributed by atoms with Crippen molar-refractivity contribution >= 4 is 34.7 Å². The van der Waals surface area contributed by atoms with Gasteiger partial charge in [0, 0.05) is 21.5 Å². The highest BCUT2D eigenvalue weighted by Gasteiger charge is 2.21. The number of nitrogens with one attached hydrogen (secondary N) is 1. The Hall–Kier alpha value is -2.47. The van der Waals surface area contributed by atoms with Crippen molar-refractivity contribution in [2.24, 2.45) is 5.41 Å². The normalized spacial score (nSPS) is 11.2. The minimum Gasteiger partial charge on any atom is -0.453 e. The first-order chi connectivity index (χ1) is 13.1. The zero-order valence-electron chi connectivity index (χ0n) is 17.0. The summed E-state index contributed by atoms with van der Waals surface area (Å²) in [6, 6.07) is 8.41. The predicted molar refractivity (Wildman–Crippen MR) is 112 cm³/mol. The molecule has 1 heterocycles. The maximum absolute atomic E-state index is 12.3. The largest absolute Gasteiger partial charge is 0.453 e. The maximum Gasteiger partial charge on any atom is 0.348 e. The average molecular weight is 402 g/mol. The molecule has 0 saturated heterocycles. The number of hydrogen-bond donors (Lipinski definition) is 1. The number of carbonyl (C=O) groups is 3. The van der Waals surface area contributed by atoms with Gasteiger partial charge in [-0.05, 0) is 49.2 Å². The van der Waals surface area contributed by atoms with Gasteiger partial charge in [0.15, 0.2) is 12.4 Å². The summed E-state index contributed by atoms with van der Waals surface area (Å²) >= 11 is 1.39. The number of rotatable bonds is 7. The van der Waals surface area contributed by atoms with Crippen LogP contribution in [0.4, 0.5) is 5.69 Å². The van der Waals surface area contributed by atoms with Gasteiger partial charge in [0.2, 0.25) is 5.91 Å². The molecule has 2 rings (SSSR count). The van der Waals surface area contributed by atoms with Gasteiger partial charge < -0.3 is 10.1 Å². The molecule has 0 radical (unpaired) electrons. The smallest absolute Gasteiger partial charge is 0.348 e. The lowest BCUT2D eigenvalue weighted by molar-refractivity contribution is -0.123. The first-order valence-corrected chi connectivity index (χ1v) is 10.1. The molecule has 28 heavy (non-hydrogen) atoms. The van der Waals surface area contributed by atoms with Crippen molar-refractivity contribution in [2.45, 2.75) is 47.5 Å². The van der Waals surface area contributed by atoms with Crippen LogP contribution in [0.15, 0.2) is 30.3 Å². The lowest BCUT2D eigenvalue weighted by atomic mass is 9.95. The summed E-state index contributed by atoms with van der Waals surface area (Å²) in [7, 11) is 0. The third-order valence-corrected chi connectivity index (χ3v) is 5.29. The molecule has 0 unspecified atom stereocenters. The Bertz CT molecular complexity index is 860. The molecule has 2 aromatic rings. The van der Waals surface area contributed by atoms with Crippen LogP contribution < -0.4 is 5.32 Å². The van der Waals surface area contributed by atoms with E-state index in [-0.39, 0.29) is 18.3 Å². The Morgan fingerprint density at radius 1 is 1.11 bits per heavy atom. The standard InChI is InChI=1S/C22H27NO4S/c1-6-7-16-12-19(28-14(16)2)20(25)27-13-18(24)15-8-10-17(11-9-15)23-21(26)22(3,4)5/h8-12H,6-7,13H2,1-5H3,(H,23,26). The van der Waals surface area contributed by atoms with Gasteiger partial charge in [-0.15, -0.1) is 11.3 Å². The van der Waals surface area contributed by atoms with E-state index in [0.717, 1.165) is 23.3 Å². The lowest BCUT2D eigenvalue weighted by Crippen LogP contribution is -2.27. The van der Waals surface area contributed by atoms with Gasteiger partial charge in [-0.2, -0.15) is 0 Å². The Morgan fingerprint density at radius 3 is 2.32 bits per heavy atom. The highest BCUT2D eigenvalue weighted by atomic mass is 32.1. The van der Waals surface area contributed by atoms with Gasteiger partial charge in [-0.25, -0.2) is 4.79 Å². The van der Waals surface area contributed by atoms with Gasteiger partial charge in [0.1, 0.15) is 4.88 Å². The number of aryl methyl sites for hydroxylation is 2. The molecule has 0 aliphatic carbocycles. The number of hydrogen-bond acceptors (Lipinski definition) is 5. The molecule has 1 amide bonds. The molecule has 6 heteroatoms. The fourth-order valence-corrected chi connectivity index (χ4v) is 3.45. The second kappa shape index (κ2) is 9.15. The Balaban J connectivity index is 1.93. The quantitative estimate of drug-likeness (QED) is 0.521. The van der Waals surface area contributed by atoms with E-state index in [0.29, 0.717) is 16.1 Å². The van der Waals surface area contributed by atoms with Crippen LogP contribution in [0.3, 0.4) is 0 Å². The van der Waals surface area contributed by atoms with Crippen LogP contribution in [-0.2, 0) is 16.0 Å². The second-order valence-electron chi connectivity index (χ2n) is 7.72. The number of thiophene rings is 1. The van der Waals surface area contributed by atoms with Crippen molar-refractivity contribution in [3.63, 3.8) is 0 Å². The van der Waals surface area contributed by atoms with E-state index < -0.39 is 11.4 Å². The number of Topliss-reactive ketones (excluding diaryl/α,β-unsaturated/α-hetero) is 1. The van der Waals surface area contributed by atoms with Gasteiger partial charge in [0.25, 0.3) is 0 Å². The van der Waals surface area contributed by atoms with E-state index in [1.54, 1.807) is 24.3 Å². The predicted octanol–water partition coefficient (Wildman–Crippen LogP) is 5.03. The fraction of sp³-hybridized carbons (Fsp3) is 0.409. The van der Waals surface area contributed by atoms with E-state index in [1.165, 1.54) is 11.3 Å². The van der Waals surface area contributed by atoms with Crippen molar-refractivity contribution in [1.29, 1.82) is 0 Å². The number of amides is 1. The van der Waals surface area contributed by atoms with Crippen LogP contribution >= 0.6 is 11.3 Å². The van der Waals surface area contributed by atoms with Crippen LogP contribution in [0.25, 0.3) is 0 Å². The monoisotopic (exact) mass is 401 g/mol. The van der Waals surface area contributed by atoms with Crippen molar-refractivity contribution in [3.05, 3.63) is 51.2 Å². The van der Waals surface area contributed by atoms with Gasteiger partial charge in [0.05, 0.1) is 0 Å². The molecule has 1 aromatic carbocycles. The molecular weight excluding hydrogens is 374 g/mol. The second-order valence-corrected chi connectivity index (χ2v) is 8.98. The summed E-state index contributed by atoms with van der Waals surface area (Å²) in [4.78, 5) is 38.1. The number of benzene rings is 1. The highest BCUT2D eigenvalue weighted by Crippen LogP contribution is 2.24. The van der Waals surface area contributed by atoms with Crippen LogP contribution in [0, 0.1) is 12.3 Å². The average Bonchev–Trinajstić information content (AvgIpc) is 3.00. The molecular formula is C22H27NO4S. The van der Waals surface area contributed by atoms with Crippen LogP contribution in [0.1, 0.15) is 64.6 Å². The summed E-state index contributed by atoms with van der Waals surface area (Å²) in [5.41, 5.74) is 1.69. The molecule has 0 aliphatic rings.